The van der Waals surface area contributed by atoms with E-state index in [1.165, 1.54) is 17.0 Å². The predicted octanol–water partition coefficient (Wildman–Crippen LogP) is 2.54. The highest BCUT2D eigenvalue weighted by Gasteiger charge is 2.32. The Bertz CT molecular complexity index is 535. The van der Waals surface area contributed by atoms with Crippen molar-refractivity contribution < 1.29 is 19.1 Å². The average Bonchev–Trinajstić information content (AvgIpc) is 2.47. The lowest BCUT2D eigenvalue weighted by atomic mass is 10.0. The molecule has 0 spiro atoms. The number of amides is 2. The summed E-state index contributed by atoms with van der Waals surface area (Å²) >= 11 is 0. The summed E-state index contributed by atoms with van der Waals surface area (Å²) in [5.74, 6) is -1.35. The van der Waals surface area contributed by atoms with E-state index in [4.69, 9.17) is 0 Å². The highest BCUT2D eigenvalue weighted by Crippen LogP contribution is 2.19. The van der Waals surface area contributed by atoms with Crippen molar-refractivity contribution in [2.45, 2.75) is 38.3 Å². The summed E-state index contributed by atoms with van der Waals surface area (Å²) in [6.07, 6.45) is 2.07. The number of halogens is 1. The van der Waals surface area contributed by atoms with Gasteiger partial charge in [-0.15, -0.1) is 0 Å². The Hall–Kier alpha value is -2.11. The monoisotopic (exact) mass is 294 g/mol. The van der Waals surface area contributed by atoms with Gasteiger partial charge in [-0.25, -0.2) is 14.0 Å². The minimum Gasteiger partial charge on any atom is -0.480 e. The zero-order chi connectivity index (χ0) is 15.4. The molecule has 1 aliphatic heterocycles. The SMILES string of the molecule is CC(NC(=O)N1CCCCC1C(=O)O)c1cccc(F)c1. The first-order chi connectivity index (χ1) is 9.99. The first-order valence-electron chi connectivity index (χ1n) is 7.04. The van der Waals surface area contributed by atoms with Crippen LogP contribution in [-0.4, -0.2) is 34.6 Å². The fourth-order valence-electron chi connectivity index (χ4n) is 2.56. The summed E-state index contributed by atoms with van der Waals surface area (Å²) in [5.41, 5.74) is 0.646. The van der Waals surface area contributed by atoms with Gasteiger partial charge in [0, 0.05) is 6.54 Å². The van der Waals surface area contributed by atoms with Gasteiger partial charge < -0.3 is 15.3 Å². The van der Waals surface area contributed by atoms with Crippen LogP contribution in [0.1, 0.15) is 37.8 Å². The third-order valence-electron chi connectivity index (χ3n) is 3.74. The molecule has 2 rings (SSSR count). The molecule has 0 saturated carbocycles. The van der Waals surface area contributed by atoms with Gasteiger partial charge in [-0.05, 0) is 43.9 Å². The van der Waals surface area contributed by atoms with Gasteiger partial charge in [-0.3, -0.25) is 0 Å². The topological polar surface area (TPSA) is 69.6 Å². The summed E-state index contributed by atoms with van der Waals surface area (Å²) in [4.78, 5) is 24.8. The van der Waals surface area contributed by atoms with Crippen LogP contribution in [0.2, 0.25) is 0 Å². The van der Waals surface area contributed by atoms with Crippen molar-refractivity contribution in [2.75, 3.05) is 6.54 Å². The van der Waals surface area contributed by atoms with E-state index in [9.17, 15) is 19.1 Å². The molecule has 6 heteroatoms. The van der Waals surface area contributed by atoms with Crippen molar-refractivity contribution in [2.24, 2.45) is 0 Å². The number of rotatable bonds is 3. The molecule has 1 aliphatic rings. The molecule has 2 N–H and O–H groups in total. The summed E-state index contributed by atoms with van der Waals surface area (Å²) < 4.78 is 13.2. The van der Waals surface area contributed by atoms with Gasteiger partial charge >= 0.3 is 12.0 Å². The zero-order valence-electron chi connectivity index (χ0n) is 11.9. The molecule has 0 aromatic heterocycles. The van der Waals surface area contributed by atoms with E-state index < -0.39 is 18.0 Å². The number of aliphatic carboxylic acids is 1. The molecule has 1 heterocycles. The number of urea groups is 1. The lowest BCUT2D eigenvalue weighted by Crippen LogP contribution is -2.52. The average molecular weight is 294 g/mol. The number of carbonyl (C=O) groups excluding carboxylic acids is 1. The largest absolute Gasteiger partial charge is 0.480 e. The van der Waals surface area contributed by atoms with Crippen molar-refractivity contribution in [1.29, 1.82) is 0 Å². The number of benzene rings is 1. The lowest BCUT2D eigenvalue weighted by Gasteiger charge is -2.33. The minimum absolute atomic E-state index is 0.366. The highest BCUT2D eigenvalue weighted by molar-refractivity contribution is 5.83. The third kappa shape index (κ3) is 3.71. The van der Waals surface area contributed by atoms with Crippen molar-refractivity contribution in [3.63, 3.8) is 0 Å². The second kappa shape index (κ2) is 6.56. The molecule has 2 unspecified atom stereocenters. The number of nitrogens with one attached hydrogen (secondary N) is 1. The summed E-state index contributed by atoms with van der Waals surface area (Å²) in [7, 11) is 0. The van der Waals surface area contributed by atoms with E-state index in [1.807, 2.05) is 0 Å². The minimum atomic E-state index is -0.983. The van der Waals surface area contributed by atoms with E-state index in [2.05, 4.69) is 5.32 Å². The number of likely N-dealkylation sites (tertiary alicyclic amines) is 1. The maximum atomic E-state index is 13.2. The third-order valence-corrected chi connectivity index (χ3v) is 3.74. The fraction of sp³-hybridized carbons (Fsp3) is 0.467. The summed E-state index contributed by atoms with van der Waals surface area (Å²) in [5, 5.41) is 11.9. The van der Waals surface area contributed by atoms with E-state index in [0.29, 0.717) is 18.5 Å². The first-order valence-corrected chi connectivity index (χ1v) is 7.04. The standard InChI is InChI=1S/C15H19FN2O3/c1-10(11-5-4-6-12(16)9-11)17-15(21)18-8-3-2-7-13(18)14(19)20/h4-6,9-10,13H,2-3,7-8H2,1H3,(H,17,21)(H,19,20). The smallest absolute Gasteiger partial charge is 0.326 e. The molecule has 114 valence electrons. The molecule has 21 heavy (non-hydrogen) atoms. The van der Waals surface area contributed by atoms with Crippen LogP contribution in [0.3, 0.4) is 0 Å². The Kier molecular flexibility index (Phi) is 4.77. The molecular formula is C15H19FN2O3. The molecule has 5 nitrogen and oxygen atoms in total. The number of nitrogens with zero attached hydrogens (tertiary/aromatic N) is 1. The molecule has 0 aliphatic carbocycles. The van der Waals surface area contributed by atoms with Gasteiger partial charge in [0.05, 0.1) is 6.04 Å². The van der Waals surface area contributed by atoms with E-state index in [-0.39, 0.29) is 11.9 Å². The highest BCUT2D eigenvalue weighted by atomic mass is 19.1. The molecule has 1 fully saturated rings. The number of hydrogen-bond acceptors (Lipinski definition) is 2. The normalized spacial score (nSPS) is 19.9. The van der Waals surface area contributed by atoms with Crippen LogP contribution in [0.25, 0.3) is 0 Å². The fourth-order valence-corrected chi connectivity index (χ4v) is 2.56. The predicted molar refractivity (Wildman–Crippen MR) is 75.3 cm³/mol. The molecule has 2 amide bonds. The van der Waals surface area contributed by atoms with Gasteiger partial charge in [0.15, 0.2) is 0 Å². The van der Waals surface area contributed by atoms with E-state index in [1.54, 1.807) is 19.1 Å². The van der Waals surface area contributed by atoms with Gasteiger partial charge in [-0.1, -0.05) is 12.1 Å². The Morgan fingerprint density at radius 1 is 1.43 bits per heavy atom. The molecule has 1 aromatic carbocycles. The Balaban J connectivity index is 2.04. The molecule has 1 saturated heterocycles. The Morgan fingerprint density at radius 2 is 2.19 bits per heavy atom. The lowest BCUT2D eigenvalue weighted by molar-refractivity contribution is -0.143. The van der Waals surface area contributed by atoms with Crippen molar-refractivity contribution in [3.05, 3.63) is 35.6 Å². The maximum absolute atomic E-state index is 13.2. The molecule has 0 bridgehead atoms. The van der Waals surface area contributed by atoms with Crippen molar-refractivity contribution >= 4 is 12.0 Å². The van der Waals surface area contributed by atoms with Gasteiger partial charge in [0.1, 0.15) is 11.9 Å². The maximum Gasteiger partial charge on any atom is 0.326 e. The molecule has 2 atom stereocenters. The number of piperidine rings is 1. The second-order valence-electron chi connectivity index (χ2n) is 5.27. The zero-order valence-corrected chi connectivity index (χ0v) is 11.9. The number of carbonyl (C=O) groups is 2. The molecule has 0 radical (unpaired) electrons. The van der Waals surface area contributed by atoms with Crippen LogP contribution in [0.4, 0.5) is 9.18 Å². The van der Waals surface area contributed by atoms with Crippen LogP contribution < -0.4 is 5.32 Å². The summed E-state index contributed by atoms with van der Waals surface area (Å²) in [6, 6.07) is 4.41. The number of hydrogen-bond donors (Lipinski definition) is 2. The van der Waals surface area contributed by atoms with Crippen LogP contribution in [0, 0.1) is 5.82 Å². The van der Waals surface area contributed by atoms with Crippen LogP contribution >= 0.6 is 0 Å². The number of carboxylic acids is 1. The van der Waals surface area contributed by atoms with Gasteiger partial charge in [0.25, 0.3) is 0 Å². The van der Waals surface area contributed by atoms with Crippen molar-refractivity contribution in [1.82, 2.24) is 10.2 Å². The summed E-state index contributed by atoms with van der Waals surface area (Å²) in [6.45, 7) is 2.17. The van der Waals surface area contributed by atoms with E-state index in [0.717, 1.165) is 12.8 Å². The van der Waals surface area contributed by atoms with Gasteiger partial charge in [0.2, 0.25) is 0 Å². The number of carboxylic acid groups (broad SMARTS) is 1. The molecule has 1 aromatic rings. The second-order valence-corrected chi connectivity index (χ2v) is 5.27. The Labute approximate surface area is 122 Å². The van der Waals surface area contributed by atoms with Crippen molar-refractivity contribution in [3.8, 4) is 0 Å². The van der Waals surface area contributed by atoms with E-state index >= 15 is 0 Å². The Morgan fingerprint density at radius 3 is 2.86 bits per heavy atom. The first kappa shape index (κ1) is 15.3. The quantitative estimate of drug-likeness (QED) is 0.900. The van der Waals surface area contributed by atoms with Crippen LogP contribution in [0.5, 0.6) is 0 Å². The van der Waals surface area contributed by atoms with Crippen LogP contribution in [-0.2, 0) is 4.79 Å². The van der Waals surface area contributed by atoms with Gasteiger partial charge in [-0.2, -0.15) is 0 Å². The van der Waals surface area contributed by atoms with Crippen LogP contribution in [0.15, 0.2) is 24.3 Å². The molecular weight excluding hydrogens is 275 g/mol.